The van der Waals surface area contributed by atoms with Gasteiger partial charge in [0.1, 0.15) is 6.33 Å². The summed E-state index contributed by atoms with van der Waals surface area (Å²) in [6, 6.07) is 20.1. The molecule has 0 radical (unpaired) electrons. The van der Waals surface area contributed by atoms with E-state index in [0.717, 1.165) is 31.7 Å². The van der Waals surface area contributed by atoms with E-state index < -0.39 is 0 Å². The largest absolute Gasteiger partial charge is 0.395 e. The van der Waals surface area contributed by atoms with Crippen LogP contribution in [0.5, 0.6) is 0 Å². The lowest BCUT2D eigenvalue weighted by Crippen LogP contribution is -2.67. The van der Waals surface area contributed by atoms with E-state index in [-0.39, 0.29) is 12.6 Å². The molecule has 1 N–H and O–H groups in total. The molecule has 31 heavy (non-hydrogen) atoms. The van der Waals surface area contributed by atoms with E-state index in [1.54, 1.807) is 6.33 Å². The second-order valence-corrected chi connectivity index (χ2v) is 8.76. The number of fused-ring (bicyclic) bond motifs is 1. The first-order chi connectivity index (χ1) is 15.3. The normalized spacial score (nSPS) is 24.6. The summed E-state index contributed by atoms with van der Waals surface area (Å²) < 4.78 is 0. The average molecular weight is 415 g/mol. The predicted molar refractivity (Wildman–Crippen MR) is 123 cm³/mol. The van der Waals surface area contributed by atoms with Crippen LogP contribution in [-0.2, 0) is 6.54 Å². The van der Waals surface area contributed by atoms with Crippen molar-refractivity contribution in [2.24, 2.45) is 0 Å². The molecule has 3 atom stereocenters. The average Bonchev–Trinajstić information content (AvgIpc) is 2.81. The Kier molecular flexibility index (Phi) is 6.07. The second-order valence-electron chi connectivity index (χ2n) is 8.76. The predicted octanol–water partition coefficient (Wildman–Crippen LogP) is 3.57. The van der Waals surface area contributed by atoms with Crippen LogP contribution < -0.4 is 0 Å². The fourth-order valence-corrected chi connectivity index (χ4v) is 5.35. The lowest BCUT2D eigenvalue weighted by molar-refractivity contribution is -0.0655. The molecule has 0 bridgehead atoms. The molecule has 0 unspecified atom stereocenters. The summed E-state index contributed by atoms with van der Waals surface area (Å²) in [7, 11) is 0. The summed E-state index contributed by atoms with van der Waals surface area (Å²) in [6.45, 7) is 4.29. The third kappa shape index (κ3) is 4.26. The molecule has 2 saturated heterocycles. The summed E-state index contributed by atoms with van der Waals surface area (Å²) in [4.78, 5) is 13.4. The Labute approximate surface area is 184 Å². The third-order valence-electron chi connectivity index (χ3n) is 6.88. The lowest BCUT2D eigenvalue weighted by Gasteiger charge is -2.57. The second kappa shape index (κ2) is 9.27. The molecule has 3 heterocycles. The number of benzene rings is 2. The molecule has 3 aromatic rings. The van der Waals surface area contributed by atoms with Crippen LogP contribution in [0.2, 0.25) is 0 Å². The fraction of sp³-hybridized carbons (Fsp3) is 0.385. The molecule has 5 heteroatoms. The molecule has 0 aliphatic carbocycles. The van der Waals surface area contributed by atoms with E-state index in [1.807, 2.05) is 12.4 Å². The molecule has 5 rings (SSSR count). The first kappa shape index (κ1) is 20.3. The van der Waals surface area contributed by atoms with Gasteiger partial charge in [0.2, 0.25) is 0 Å². The molecule has 2 aromatic carbocycles. The van der Waals surface area contributed by atoms with Crippen LogP contribution in [0.25, 0.3) is 11.1 Å². The van der Waals surface area contributed by atoms with Gasteiger partial charge in [-0.2, -0.15) is 0 Å². The van der Waals surface area contributed by atoms with Crippen molar-refractivity contribution in [3.63, 3.8) is 0 Å². The summed E-state index contributed by atoms with van der Waals surface area (Å²) in [5.74, 6) is 0.363. The minimum atomic E-state index is 0.215. The van der Waals surface area contributed by atoms with Gasteiger partial charge >= 0.3 is 0 Å². The zero-order valence-corrected chi connectivity index (χ0v) is 17.8. The van der Waals surface area contributed by atoms with Crippen LogP contribution in [0.3, 0.4) is 0 Å². The topological polar surface area (TPSA) is 52.5 Å². The molecule has 0 saturated carbocycles. The van der Waals surface area contributed by atoms with Crippen LogP contribution in [-0.4, -0.2) is 63.2 Å². The Balaban J connectivity index is 1.36. The maximum Gasteiger partial charge on any atom is 0.115 e. The Bertz CT molecular complexity index is 964. The van der Waals surface area contributed by atoms with Gasteiger partial charge in [-0.25, -0.2) is 9.97 Å². The van der Waals surface area contributed by atoms with Crippen molar-refractivity contribution in [2.45, 2.75) is 37.4 Å². The zero-order valence-electron chi connectivity index (χ0n) is 17.8. The number of nitrogens with zero attached hydrogens (tertiary/aromatic N) is 4. The van der Waals surface area contributed by atoms with Crippen LogP contribution in [0.4, 0.5) is 0 Å². The maximum absolute atomic E-state index is 10.2. The zero-order chi connectivity index (χ0) is 21.0. The van der Waals surface area contributed by atoms with Crippen molar-refractivity contribution in [1.82, 2.24) is 19.8 Å². The highest BCUT2D eigenvalue weighted by atomic mass is 16.3. The van der Waals surface area contributed by atoms with E-state index in [1.165, 1.54) is 29.5 Å². The number of rotatable bonds is 5. The highest BCUT2D eigenvalue weighted by Crippen LogP contribution is 2.42. The van der Waals surface area contributed by atoms with Crippen molar-refractivity contribution in [2.75, 3.05) is 26.2 Å². The molecule has 2 aliphatic rings. The quantitative estimate of drug-likeness (QED) is 0.692. The Morgan fingerprint density at radius 3 is 2.32 bits per heavy atom. The number of hydrogen-bond acceptors (Lipinski definition) is 5. The van der Waals surface area contributed by atoms with E-state index in [2.05, 4.69) is 74.4 Å². The van der Waals surface area contributed by atoms with Crippen molar-refractivity contribution >= 4 is 0 Å². The lowest BCUT2D eigenvalue weighted by atomic mass is 9.74. The highest BCUT2D eigenvalue weighted by Gasteiger charge is 2.48. The molecule has 1 aromatic heterocycles. The first-order valence-corrected chi connectivity index (χ1v) is 11.3. The Morgan fingerprint density at radius 1 is 0.871 bits per heavy atom. The van der Waals surface area contributed by atoms with E-state index in [0.29, 0.717) is 12.0 Å². The molecular formula is C26H30N4O. The standard InChI is InChI=1S/C26H30N4O/c31-18-25-26(23-10-8-22(9-11-23)21-6-2-1-3-7-21)24-17-29(12-4-5-13-30(24)25)16-20-14-27-19-28-15-20/h1-3,6-11,14-15,19,24-26,31H,4-5,12-13,16-18H2/t24-,25+,26-/m0/s1. The Morgan fingerprint density at radius 2 is 1.58 bits per heavy atom. The van der Waals surface area contributed by atoms with Gasteiger partial charge in [0.05, 0.1) is 6.61 Å². The number of hydrogen-bond donors (Lipinski definition) is 1. The SMILES string of the molecule is OC[C@@H]1[C@@H](c2ccc(-c3ccccc3)cc2)[C@@H]2CN(Cc3cncnc3)CCCCN12. The third-order valence-corrected chi connectivity index (χ3v) is 6.88. The van der Waals surface area contributed by atoms with Gasteiger partial charge in [0, 0.05) is 49.0 Å². The monoisotopic (exact) mass is 414 g/mol. The highest BCUT2D eigenvalue weighted by molar-refractivity contribution is 5.63. The number of aromatic nitrogens is 2. The summed E-state index contributed by atoms with van der Waals surface area (Å²) in [6.07, 6.45) is 7.78. The van der Waals surface area contributed by atoms with Gasteiger partial charge in [-0.15, -0.1) is 0 Å². The molecular weight excluding hydrogens is 384 g/mol. The fourth-order valence-electron chi connectivity index (χ4n) is 5.35. The van der Waals surface area contributed by atoms with E-state index >= 15 is 0 Å². The maximum atomic E-state index is 10.2. The van der Waals surface area contributed by atoms with Gasteiger partial charge < -0.3 is 5.11 Å². The van der Waals surface area contributed by atoms with Crippen LogP contribution in [0, 0.1) is 0 Å². The van der Waals surface area contributed by atoms with E-state index in [4.69, 9.17) is 0 Å². The summed E-state index contributed by atoms with van der Waals surface area (Å²) >= 11 is 0. The van der Waals surface area contributed by atoms with Crippen molar-refractivity contribution < 1.29 is 5.11 Å². The molecule has 2 fully saturated rings. The van der Waals surface area contributed by atoms with Gasteiger partial charge in [0.25, 0.3) is 0 Å². The number of aliphatic hydroxyl groups is 1. The molecule has 0 spiro atoms. The van der Waals surface area contributed by atoms with Crippen LogP contribution in [0.1, 0.15) is 29.9 Å². The minimum Gasteiger partial charge on any atom is -0.395 e. The van der Waals surface area contributed by atoms with Crippen molar-refractivity contribution in [3.8, 4) is 11.1 Å². The van der Waals surface area contributed by atoms with Crippen molar-refractivity contribution in [3.05, 3.63) is 84.4 Å². The number of aliphatic hydroxyl groups excluding tert-OH is 1. The molecule has 5 nitrogen and oxygen atoms in total. The van der Waals surface area contributed by atoms with Crippen LogP contribution in [0.15, 0.2) is 73.3 Å². The smallest absolute Gasteiger partial charge is 0.115 e. The van der Waals surface area contributed by atoms with Gasteiger partial charge in [-0.3, -0.25) is 9.80 Å². The summed E-state index contributed by atoms with van der Waals surface area (Å²) in [5.41, 5.74) is 4.98. The van der Waals surface area contributed by atoms with Gasteiger partial charge in [0.15, 0.2) is 0 Å². The Hall–Kier alpha value is -2.60. The van der Waals surface area contributed by atoms with E-state index in [9.17, 15) is 5.11 Å². The van der Waals surface area contributed by atoms with Crippen LogP contribution >= 0.6 is 0 Å². The molecule has 0 amide bonds. The minimum absolute atomic E-state index is 0.215. The summed E-state index contributed by atoms with van der Waals surface area (Å²) in [5, 5.41) is 10.2. The molecule has 160 valence electrons. The van der Waals surface area contributed by atoms with Gasteiger partial charge in [-0.05, 0) is 42.6 Å². The molecule has 2 aliphatic heterocycles. The van der Waals surface area contributed by atoms with Crippen molar-refractivity contribution in [1.29, 1.82) is 0 Å². The van der Waals surface area contributed by atoms with Gasteiger partial charge in [-0.1, -0.05) is 54.6 Å². The first-order valence-electron chi connectivity index (χ1n) is 11.3.